The third-order valence-corrected chi connectivity index (χ3v) is 5.97. The standard InChI is InChI=1S/C17H23N3O2S.ClH/c1-13(10-19-11-14-3-2-4-14)20-23(21,22)17-6-5-16-12-18-8-7-15(16)9-17;/h5-9,12-14,19-20H,2-4,10-11H2,1H3;1H. The molecule has 1 aromatic carbocycles. The summed E-state index contributed by atoms with van der Waals surface area (Å²) in [5, 5.41) is 5.16. The minimum Gasteiger partial charge on any atom is -0.315 e. The van der Waals surface area contributed by atoms with E-state index in [2.05, 4.69) is 15.0 Å². The number of aromatic nitrogens is 1. The van der Waals surface area contributed by atoms with Crippen molar-refractivity contribution in [1.29, 1.82) is 0 Å². The van der Waals surface area contributed by atoms with Crippen LogP contribution in [-0.2, 0) is 10.0 Å². The molecule has 1 unspecified atom stereocenters. The number of hydrogen-bond acceptors (Lipinski definition) is 4. The highest BCUT2D eigenvalue weighted by Crippen LogP contribution is 2.25. The van der Waals surface area contributed by atoms with Crippen molar-refractivity contribution >= 4 is 33.2 Å². The van der Waals surface area contributed by atoms with E-state index in [4.69, 9.17) is 0 Å². The molecule has 1 saturated carbocycles. The maximum atomic E-state index is 12.5. The molecule has 1 atom stereocenters. The van der Waals surface area contributed by atoms with Crippen LogP contribution in [0.5, 0.6) is 0 Å². The summed E-state index contributed by atoms with van der Waals surface area (Å²) >= 11 is 0. The highest BCUT2D eigenvalue weighted by Gasteiger charge is 2.19. The van der Waals surface area contributed by atoms with Crippen LogP contribution < -0.4 is 10.0 Å². The molecule has 1 aliphatic rings. The Hall–Kier alpha value is -1.21. The summed E-state index contributed by atoms with van der Waals surface area (Å²) in [6.45, 7) is 3.51. The van der Waals surface area contributed by atoms with Gasteiger partial charge in [0, 0.05) is 30.4 Å². The largest absolute Gasteiger partial charge is 0.315 e. The topological polar surface area (TPSA) is 71.1 Å². The molecule has 1 fully saturated rings. The van der Waals surface area contributed by atoms with Crippen LogP contribution in [0.15, 0.2) is 41.6 Å². The second-order valence-corrected chi connectivity index (χ2v) is 8.08. The average Bonchev–Trinajstić information content (AvgIpc) is 2.49. The van der Waals surface area contributed by atoms with Crippen molar-refractivity contribution in [2.75, 3.05) is 13.1 Å². The summed E-state index contributed by atoms with van der Waals surface area (Å²) in [6.07, 6.45) is 7.30. The number of benzene rings is 1. The van der Waals surface area contributed by atoms with Crippen LogP contribution in [0.4, 0.5) is 0 Å². The van der Waals surface area contributed by atoms with Crippen molar-refractivity contribution in [2.45, 2.75) is 37.1 Å². The van der Waals surface area contributed by atoms with Crippen molar-refractivity contribution in [2.24, 2.45) is 5.92 Å². The fourth-order valence-corrected chi connectivity index (χ4v) is 4.08. The molecular formula is C17H24ClN3O2S. The van der Waals surface area contributed by atoms with Crippen LogP contribution in [0.2, 0.25) is 0 Å². The third-order valence-electron chi connectivity index (χ3n) is 4.39. The lowest BCUT2D eigenvalue weighted by atomic mass is 9.85. The van der Waals surface area contributed by atoms with Crippen molar-refractivity contribution in [1.82, 2.24) is 15.0 Å². The molecule has 0 saturated heterocycles. The number of sulfonamides is 1. The molecular weight excluding hydrogens is 346 g/mol. The van der Waals surface area contributed by atoms with Gasteiger partial charge in [0.2, 0.25) is 10.0 Å². The van der Waals surface area contributed by atoms with Gasteiger partial charge in [-0.25, -0.2) is 13.1 Å². The minimum absolute atomic E-state index is 0. The Morgan fingerprint density at radius 2 is 2.04 bits per heavy atom. The van der Waals surface area contributed by atoms with Gasteiger partial charge in [0.15, 0.2) is 0 Å². The first kappa shape index (κ1) is 19.1. The number of nitrogens with zero attached hydrogens (tertiary/aromatic N) is 1. The van der Waals surface area contributed by atoms with E-state index >= 15 is 0 Å². The van der Waals surface area contributed by atoms with E-state index in [1.165, 1.54) is 19.3 Å². The molecule has 5 nitrogen and oxygen atoms in total. The fourth-order valence-electron chi connectivity index (χ4n) is 2.80. The molecule has 132 valence electrons. The molecule has 0 aliphatic heterocycles. The molecule has 0 spiro atoms. The van der Waals surface area contributed by atoms with Crippen LogP contribution >= 0.6 is 12.4 Å². The van der Waals surface area contributed by atoms with Gasteiger partial charge in [0.05, 0.1) is 4.90 Å². The number of nitrogens with one attached hydrogen (secondary N) is 2. The summed E-state index contributed by atoms with van der Waals surface area (Å²) < 4.78 is 27.7. The predicted molar refractivity (Wildman–Crippen MR) is 99.0 cm³/mol. The van der Waals surface area contributed by atoms with Gasteiger partial charge in [-0.1, -0.05) is 12.5 Å². The molecule has 0 bridgehead atoms. The third kappa shape index (κ3) is 4.66. The first-order valence-electron chi connectivity index (χ1n) is 8.11. The number of hydrogen-bond donors (Lipinski definition) is 2. The van der Waals surface area contributed by atoms with E-state index in [1.54, 1.807) is 30.6 Å². The Bertz CT molecular complexity index is 778. The van der Waals surface area contributed by atoms with E-state index < -0.39 is 10.0 Å². The summed E-state index contributed by atoms with van der Waals surface area (Å²) in [7, 11) is -3.50. The highest BCUT2D eigenvalue weighted by atomic mass is 35.5. The summed E-state index contributed by atoms with van der Waals surface area (Å²) in [4.78, 5) is 4.33. The van der Waals surface area contributed by atoms with Crippen LogP contribution in [0.25, 0.3) is 10.8 Å². The first-order valence-corrected chi connectivity index (χ1v) is 9.60. The number of halogens is 1. The van der Waals surface area contributed by atoms with Gasteiger partial charge in [0.25, 0.3) is 0 Å². The van der Waals surface area contributed by atoms with Crippen LogP contribution in [-0.4, -0.2) is 32.5 Å². The fraction of sp³-hybridized carbons (Fsp3) is 0.471. The molecule has 24 heavy (non-hydrogen) atoms. The van der Waals surface area contributed by atoms with Crippen molar-refractivity contribution in [3.05, 3.63) is 36.7 Å². The molecule has 1 aromatic heterocycles. The maximum Gasteiger partial charge on any atom is 0.240 e. The second-order valence-electron chi connectivity index (χ2n) is 6.36. The van der Waals surface area contributed by atoms with E-state index in [0.29, 0.717) is 11.4 Å². The second kappa shape index (κ2) is 8.25. The van der Waals surface area contributed by atoms with Gasteiger partial charge in [-0.3, -0.25) is 4.98 Å². The lowest BCUT2D eigenvalue weighted by Crippen LogP contribution is -2.41. The lowest BCUT2D eigenvalue weighted by Gasteiger charge is -2.26. The Morgan fingerprint density at radius 3 is 2.75 bits per heavy atom. The highest BCUT2D eigenvalue weighted by molar-refractivity contribution is 7.89. The number of pyridine rings is 1. The Labute approximate surface area is 149 Å². The normalized spacial score (nSPS) is 16.4. The number of fused-ring (bicyclic) bond motifs is 1. The molecule has 2 aromatic rings. The van der Waals surface area contributed by atoms with Crippen molar-refractivity contribution in [3.63, 3.8) is 0 Å². The molecule has 7 heteroatoms. The quantitative estimate of drug-likeness (QED) is 0.787. The molecule has 1 aliphatic carbocycles. The van der Waals surface area contributed by atoms with Crippen LogP contribution in [0.1, 0.15) is 26.2 Å². The van der Waals surface area contributed by atoms with Crippen LogP contribution in [0, 0.1) is 5.92 Å². The molecule has 0 amide bonds. The van der Waals surface area contributed by atoms with Gasteiger partial charge in [0.1, 0.15) is 0 Å². The van der Waals surface area contributed by atoms with E-state index in [-0.39, 0.29) is 18.4 Å². The van der Waals surface area contributed by atoms with Crippen molar-refractivity contribution < 1.29 is 8.42 Å². The van der Waals surface area contributed by atoms with Gasteiger partial charge in [-0.2, -0.15) is 0 Å². The number of rotatable bonds is 7. The maximum absolute atomic E-state index is 12.5. The van der Waals surface area contributed by atoms with Gasteiger partial charge in [-0.05, 0) is 55.8 Å². The van der Waals surface area contributed by atoms with Gasteiger partial charge in [-0.15, -0.1) is 12.4 Å². The smallest absolute Gasteiger partial charge is 0.240 e. The zero-order valence-corrected chi connectivity index (χ0v) is 15.4. The summed E-state index contributed by atoms with van der Waals surface area (Å²) in [6, 6.07) is 6.77. The Morgan fingerprint density at radius 1 is 1.25 bits per heavy atom. The van der Waals surface area contributed by atoms with E-state index in [1.807, 2.05) is 13.0 Å². The predicted octanol–water partition coefficient (Wildman–Crippen LogP) is 2.71. The lowest BCUT2D eigenvalue weighted by molar-refractivity contribution is 0.299. The van der Waals surface area contributed by atoms with E-state index in [9.17, 15) is 8.42 Å². The minimum atomic E-state index is -3.50. The zero-order valence-electron chi connectivity index (χ0n) is 13.7. The molecule has 1 heterocycles. The zero-order chi connectivity index (χ0) is 16.3. The first-order chi connectivity index (χ1) is 11.0. The summed E-state index contributed by atoms with van der Waals surface area (Å²) in [5.41, 5.74) is 0. The monoisotopic (exact) mass is 369 g/mol. The molecule has 2 N–H and O–H groups in total. The Kier molecular flexibility index (Phi) is 6.57. The summed E-state index contributed by atoms with van der Waals surface area (Å²) in [5.74, 6) is 0.771. The SMILES string of the molecule is CC(CNCC1CCC1)NS(=O)(=O)c1ccc2cnccc2c1.Cl. The van der Waals surface area contributed by atoms with Gasteiger partial charge < -0.3 is 5.32 Å². The van der Waals surface area contributed by atoms with E-state index in [0.717, 1.165) is 23.2 Å². The molecule has 3 rings (SSSR count). The van der Waals surface area contributed by atoms with Crippen molar-refractivity contribution in [3.8, 4) is 0 Å². The Balaban J connectivity index is 0.00000208. The average molecular weight is 370 g/mol. The van der Waals surface area contributed by atoms with Crippen LogP contribution in [0.3, 0.4) is 0 Å². The molecule has 0 radical (unpaired) electrons. The van der Waals surface area contributed by atoms with Gasteiger partial charge >= 0.3 is 0 Å².